The summed E-state index contributed by atoms with van der Waals surface area (Å²) in [6.45, 7) is 2.30. The fraction of sp³-hybridized carbons (Fsp3) is 0.533. The van der Waals surface area contributed by atoms with Crippen molar-refractivity contribution in [3.8, 4) is 0 Å². The highest BCUT2D eigenvalue weighted by Gasteiger charge is 2.23. The molecule has 0 heterocycles. The molecule has 1 saturated carbocycles. The smallest absolute Gasteiger partial charge is 0.177 e. The minimum atomic E-state index is -3.30. The van der Waals surface area contributed by atoms with Gasteiger partial charge in [0.2, 0.25) is 0 Å². The number of ketones is 1. The molecule has 0 bridgehead atoms. The van der Waals surface area contributed by atoms with Crippen LogP contribution in [0.25, 0.3) is 0 Å². The van der Waals surface area contributed by atoms with Gasteiger partial charge in [-0.1, -0.05) is 12.8 Å². The van der Waals surface area contributed by atoms with E-state index in [0.717, 1.165) is 18.9 Å². The minimum absolute atomic E-state index is 0.0538. The number of rotatable bonds is 6. The summed E-state index contributed by atoms with van der Waals surface area (Å²) in [5.41, 5.74) is 1.17. The number of nitrogens with zero attached hydrogens (tertiary/aromatic N) is 1. The summed E-state index contributed by atoms with van der Waals surface area (Å²) in [7, 11) is -1.41. The van der Waals surface area contributed by atoms with E-state index in [1.165, 1.54) is 32.1 Å². The van der Waals surface area contributed by atoms with Crippen molar-refractivity contribution < 1.29 is 13.2 Å². The van der Waals surface area contributed by atoms with Crippen LogP contribution in [0.5, 0.6) is 0 Å². The molecule has 0 radical (unpaired) electrons. The van der Waals surface area contributed by atoms with Crippen molar-refractivity contribution >= 4 is 21.3 Å². The van der Waals surface area contributed by atoms with Gasteiger partial charge in [-0.25, -0.2) is 8.42 Å². The molecule has 5 heteroatoms. The number of anilines is 1. The summed E-state index contributed by atoms with van der Waals surface area (Å²) in [6.07, 6.45) is 4.83. The first-order valence-corrected chi connectivity index (χ1v) is 8.74. The molecule has 2 rings (SSSR count). The standard InChI is InChI=1S/C15H21NO3S/c1-11(17)13-6-7-15(20(3,18)19)14(10-13)16(2)9-8-12-4-5-12/h6-7,10,12H,4-5,8-9H2,1-3H3. The lowest BCUT2D eigenvalue weighted by molar-refractivity contribution is 0.101. The van der Waals surface area contributed by atoms with Gasteiger partial charge in [0.05, 0.1) is 10.6 Å². The molecular weight excluding hydrogens is 274 g/mol. The monoisotopic (exact) mass is 295 g/mol. The predicted molar refractivity (Wildman–Crippen MR) is 80.2 cm³/mol. The Morgan fingerprint density at radius 3 is 2.50 bits per heavy atom. The molecule has 1 aliphatic rings. The first-order chi connectivity index (χ1) is 9.29. The van der Waals surface area contributed by atoms with Gasteiger partial charge in [-0.2, -0.15) is 0 Å². The van der Waals surface area contributed by atoms with Gasteiger partial charge in [0, 0.05) is 25.4 Å². The van der Waals surface area contributed by atoms with Gasteiger partial charge in [-0.05, 0) is 37.5 Å². The topological polar surface area (TPSA) is 54.5 Å². The summed E-state index contributed by atoms with van der Waals surface area (Å²) in [5.74, 6) is 0.733. The van der Waals surface area contributed by atoms with Crippen LogP contribution in [0.15, 0.2) is 23.1 Å². The predicted octanol–water partition coefficient (Wildman–Crippen LogP) is 2.53. The molecule has 20 heavy (non-hydrogen) atoms. The average Bonchev–Trinajstić information content (AvgIpc) is 3.18. The fourth-order valence-electron chi connectivity index (χ4n) is 2.25. The number of carbonyl (C=O) groups is 1. The first-order valence-electron chi connectivity index (χ1n) is 6.85. The average molecular weight is 295 g/mol. The molecule has 1 aromatic carbocycles. The first kappa shape index (κ1) is 15.0. The van der Waals surface area contributed by atoms with Crippen molar-refractivity contribution in [1.29, 1.82) is 0 Å². The third kappa shape index (κ3) is 3.60. The molecule has 0 saturated heterocycles. The second-order valence-corrected chi connectivity index (χ2v) is 7.65. The van der Waals surface area contributed by atoms with Gasteiger partial charge >= 0.3 is 0 Å². The van der Waals surface area contributed by atoms with E-state index in [1.54, 1.807) is 12.1 Å². The maximum absolute atomic E-state index is 11.9. The maximum Gasteiger partial charge on any atom is 0.177 e. The van der Waals surface area contributed by atoms with Gasteiger partial charge in [0.1, 0.15) is 0 Å². The summed E-state index contributed by atoms with van der Waals surface area (Å²) < 4.78 is 23.8. The minimum Gasteiger partial charge on any atom is -0.374 e. The zero-order valence-corrected chi connectivity index (χ0v) is 13.0. The summed E-state index contributed by atoms with van der Waals surface area (Å²) in [6, 6.07) is 4.80. The molecule has 0 N–H and O–H groups in total. The Labute approximate surface area is 120 Å². The van der Waals surface area contributed by atoms with E-state index in [4.69, 9.17) is 0 Å². The van der Waals surface area contributed by atoms with E-state index in [9.17, 15) is 13.2 Å². The van der Waals surface area contributed by atoms with Crippen molar-refractivity contribution in [3.63, 3.8) is 0 Å². The van der Waals surface area contributed by atoms with Gasteiger partial charge in [-0.15, -0.1) is 0 Å². The number of hydrogen-bond donors (Lipinski definition) is 0. The lowest BCUT2D eigenvalue weighted by Gasteiger charge is -2.22. The Balaban J connectivity index is 2.34. The lowest BCUT2D eigenvalue weighted by atomic mass is 10.1. The van der Waals surface area contributed by atoms with Crippen molar-refractivity contribution in [2.45, 2.75) is 31.1 Å². The Morgan fingerprint density at radius 2 is 2.00 bits per heavy atom. The van der Waals surface area contributed by atoms with Gasteiger partial charge in [0.15, 0.2) is 15.6 Å². The number of sulfone groups is 1. The molecule has 0 amide bonds. The van der Waals surface area contributed by atoms with Crippen molar-refractivity contribution in [1.82, 2.24) is 0 Å². The van der Waals surface area contributed by atoms with Crippen LogP contribution in [0, 0.1) is 5.92 Å². The number of benzene rings is 1. The third-order valence-electron chi connectivity index (χ3n) is 3.75. The zero-order chi connectivity index (χ0) is 14.9. The van der Waals surface area contributed by atoms with Gasteiger partial charge in [-0.3, -0.25) is 4.79 Å². The van der Waals surface area contributed by atoms with Crippen LogP contribution in [-0.2, 0) is 9.84 Å². The Morgan fingerprint density at radius 1 is 1.35 bits per heavy atom. The van der Waals surface area contributed by atoms with E-state index < -0.39 is 9.84 Å². The molecule has 0 aliphatic heterocycles. The Kier molecular flexibility index (Phi) is 4.18. The van der Waals surface area contributed by atoms with Crippen LogP contribution in [-0.4, -0.2) is 34.0 Å². The number of hydrogen-bond acceptors (Lipinski definition) is 4. The molecule has 1 fully saturated rings. The highest BCUT2D eigenvalue weighted by Crippen LogP contribution is 2.33. The van der Waals surface area contributed by atoms with Crippen molar-refractivity contribution in [2.75, 3.05) is 24.7 Å². The van der Waals surface area contributed by atoms with Gasteiger partial charge < -0.3 is 4.90 Å². The highest BCUT2D eigenvalue weighted by molar-refractivity contribution is 7.90. The van der Waals surface area contributed by atoms with E-state index in [2.05, 4.69) is 0 Å². The largest absolute Gasteiger partial charge is 0.374 e. The summed E-state index contributed by atoms with van der Waals surface area (Å²) >= 11 is 0. The maximum atomic E-state index is 11.9. The number of Topliss-reactive ketones (excluding diaryl/α,β-unsaturated/α-hetero) is 1. The molecule has 0 unspecified atom stereocenters. The van der Waals surface area contributed by atoms with Crippen LogP contribution in [0.4, 0.5) is 5.69 Å². The zero-order valence-electron chi connectivity index (χ0n) is 12.2. The molecule has 1 aromatic rings. The van der Waals surface area contributed by atoms with E-state index in [0.29, 0.717) is 16.1 Å². The highest BCUT2D eigenvalue weighted by atomic mass is 32.2. The van der Waals surface area contributed by atoms with Gasteiger partial charge in [0.25, 0.3) is 0 Å². The van der Waals surface area contributed by atoms with Crippen LogP contribution in [0.1, 0.15) is 36.5 Å². The second-order valence-electron chi connectivity index (χ2n) is 5.66. The van der Waals surface area contributed by atoms with Crippen LogP contribution in [0.2, 0.25) is 0 Å². The van der Waals surface area contributed by atoms with Crippen LogP contribution >= 0.6 is 0 Å². The fourth-order valence-corrected chi connectivity index (χ4v) is 3.16. The molecule has 0 aromatic heterocycles. The van der Waals surface area contributed by atoms with Crippen LogP contribution < -0.4 is 4.90 Å². The molecule has 0 spiro atoms. The summed E-state index contributed by atoms with van der Waals surface area (Å²) in [5, 5.41) is 0. The van der Waals surface area contributed by atoms with Crippen LogP contribution in [0.3, 0.4) is 0 Å². The molecule has 110 valence electrons. The second kappa shape index (κ2) is 5.56. The van der Waals surface area contributed by atoms with E-state index >= 15 is 0 Å². The third-order valence-corrected chi connectivity index (χ3v) is 4.89. The molecule has 4 nitrogen and oxygen atoms in total. The SMILES string of the molecule is CC(=O)c1ccc(S(C)(=O)=O)c(N(C)CCC2CC2)c1. The molecule has 1 aliphatic carbocycles. The molecular formula is C15H21NO3S. The Hall–Kier alpha value is -1.36. The lowest BCUT2D eigenvalue weighted by Crippen LogP contribution is -2.21. The van der Waals surface area contributed by atoms with E-state index in [1.807, 2.05) is 11.9 Å². The number of carbonyl (C=O) groups excluding carboxylic acids is 1. The summed E-state index contributed by atoms with van der Waals surface area (Å²) in [4.78, 5) is 13.7. The van der Waals surface area contributed by atoms with Crippen molar-refractivity contribution in [3.05, 3.63) is 23.8 Å². The van der Waals surface area contributed by atoms with E-state index in [-0.39, 0.29) is 5.78 Å². The van der Waals surface area contributed by atoms with Crippen molar-refractivity contribution in [2.24, 2.45) is 5.92 Å². The normalized spacial score (nSPS) is 15.2. The quantitative estimate of drug-likeness (QED) is 0.757. The Bertz CT molecular complexity index is 618. The molecule has 0 atom stereocenters.